The molecule has 124 valence electrons. The standard InChI is InChI=1S/C10H16F3NO7/c11-10(12,13)9(19)14-1-2-20-8-7(18)6(17)5(16)4(3-15)21-8/h4-8,15-18H,1-3H2,(H,14,19)/t4-,5+,6+,7-,8+/m1/s1. The molecule has 1 fully saturated rings. The topological polar surface area (TPSA) is 128 Å². The van der Waals surface area contributed by atoms with Crippen molar-refractivity contribution in [2.45, 2.75) is 36.9 Å². The van der Waals surface area contributed by atoms with Gasteiger partial charge in [-0.3, -0.25) is 4.79 Å². The summed E-state index contributed by atoms with van der Waals surface area (Å²) in [6.07, 6.45) is -12.5. The predicted molar refractivity (Wildman–Crippen MR) is 58.8 cm³/mol. The van der Waals surface area contributed by atoms with Crippen LogP contribution in [-0.2, 0) is 14.3 Å². The van der Waals surface area contributed by atoms with Crippen LogP contribution in [0.4, 0.5) is 13.2 Å². The number of halogens is 3. The van der Waals surface area contributed by atoms with Gasteiger partial charge in [0.2, 0.25) is 0 Å². The lowest BCUT2D eigenvalue weighted by Gasteiger charge is -2.39. The summed E-state index contributed by atoms with van der Waals surface area (Å²) in [5.74, 6) is -2.14. The molecule has 5 N–H and O–H groups in total. The van der Waals surface area contributed by atoms with Gasteiger partial charge in [-0.2, -0.15) is 13.2 Å². The Morgan fingerprint density at radius 3 is 2.33 bits per heavy atom. The van der Waals surface area contributed by atoms with E-state index in [1.807, 2.05) is 0 Å². The molecule has 8 nitrogen and oxygen atoms in total. The van der Waals surface area contributed by atoms with E-state index in [0.29, 0.717) is 0 Å². The fourth-order valence-corrected chi connectivity index (χ4v) is 1.64. The smallest absolute Gasteiger partial charge is 0.394 e. The van der Waals surface area contributed by atoms with Crippen molar-refractivity contribution in [3.63, 3.8) is 0 Å². The zero-order chi connectivity index (χ0) is 16.2. The van der Waals surface area contributed by atoms with Crippen molar-refractivity contribution >= 4 is 5.91 Å². The van der Waals surface area contributed by atoms with E-state index in [-0.39, 0.29) is 0 Å². The first-order valence-corrected chi connectivity index (χ1v) is 5.95. The average molecular weight is 319 g/mol. The van der Waals surface area contributed by atoms with Crippen molar-refractivity contribution in [3.8, 4) is 0 Å². The van der Waals surface area contributed by atoms with Crippen LogP contribution in [0.1, 0.15) is 0 Å². The minimum Gasteiger partial charge on any atom is -0.394 e. The van der Waals surface area contributed by atoms with Gasteiger partial charge in [-0.15, -0.1) is 0 Å². The number of aliphatic hydroxyl groups excluding tert-OH is 4. The number of carbonyl (C=O) groups is 1. The Labute approximate surface area is 117 Å². The van der Waals surface area contributed by atoms with Gasteiger partial charge in [0.05, 0.1) is 13.2 Å². The lowest BCUT2D eigenvalue weighted by atomic mass is 9.99. The van der Waals surface area contributed by atoms with E-state index in [2.05, 4.69) is 0 Å². The maximum atomic E-state index is 11.9. The van der Waals surface area contributed by atoms with Gasteiger partial charge in [0, 0.05) is 6.54 Å². The number of aliphatic hydroxyl groups is 4. The number of hydrogen-bond donors (Lipinski definition) is 5. The number of hydrogen-bond acceptors (Lipinski definition) is 7. The van der Waals surface area contributed by atoms with Gasteiger partial charge in [-0.1, -0.05) is 0 Å². The molecule has 0 spiro atoms. The largest absolute Gasteiger partial charge is 0.471 e. The molecule has 1 amide bonds. The first-order valence-electron chi connectivity index (χ1n) is 5.95. The molecular weight excluding hydrogens is 303 g/mol. The Balaban J connectivity index is 2.39. The Morgan fingerprint density at radius 2 is 1.81 bits per heavy atom. The highest BCUT2D eigenvalue weighted by atomic mass is 19.4. The Hall–Kier alpha value is -0.980. The third-order valence-corrected chi connectivity index (χ3v) is 2.78. The minimum atomic E-state index is -5.01. The number of rotatable bonds is 5. The highest BCUT2D eigenvalue weighted by molar-refractivity contribution is 5.81. The first kappa shape index (κ1) is 18.1. The zero-order valence-electron chi connectivity index (χ0n) is 10.7. The van der Waals surface area contributed by atoms with Crippen LogP contribution >= 0.6 is 0 Å². The van der Waals surface area contributed by atoms with Gasteiger partial charge in [0.15, 0.2) is 6.29 Å². The summed E-state index contributed by atoms with van der Waals surface area (Å²) >= 11 is 0. The second-order valence-corrected chi connectivity index (χ2v) is 4.32. The lowest BCUT2D eigenvalue weighted by Crippen LogP contribution is -2.59. The van der Waals surface area contributed by atoms with Crippen LogP contribution < -0.4 is 5.32 Å². The van der Waals surface area contributed by atoms with Gasteiger partial charge < -0.3 is 35.2 Å². The van der Waals surface area contributed by atoms with Crippen molar-refractivity contribution < 1.29 is 47.9 Å². The SMILES string of the molecule is O=C(NCCO[C@H]1O[C@H](CO)[C@H](O)[C@H](O)[C@H]1O)C(F)(F)F. The van der Waals surface area contributed by atoms with Crippen LogP contribution in [0.3, 0.4) is 0 Å². The highest BCUT2D eigenvalue weighted by Crippen LogP contribution is 2.21. The number of nitrogens with one attached hydrogen (secondary N) is 1. The molecule has 0 bridgehead atoms. The van der Waals surface area contributed by atoms with E-state index >= 15 is 0 Å². The molecule has 1 saturated heterocycles. The molecule has 5 atom stereocenters. The summed E-state index contributed by atoms with van der Waals surface area (Å²) in [5, 5.41) is 38.9. The van der Waals surface area contributed by atoms with E-state index in [0.717, 1.165) is 0 Å². The molecule has 0 unspecified atom stereocenters. The van der Waals surface area contributed by atoms with Crippen LogP contribution in [0.2, 0.25) is 0 Å². The van der Waals surface area contributed by atoms with Gasteiger partial charge in [0.1, 0.15) is 24.4 Å². The summed E-state index contributed by atoms with van der Waals surface area (Å²) in [6, 6.07) is 0. The summed E-state index contributed by atoms with van der Waals surface area (Å²) in [4.78, 5) is 10.5. The molecule has 0 radical (unpaired) electrons. The normalized spacial score (nSPS) is 33.8. The van der Waals surface area contributed by atoms with E-state index in [4.69, 9.17) is 14.6 Å². The molecule has 11 heteroatoms. The highest BCUT2D eigenvalue weighted by Gasteiger charge is 2.44. The molecule has 1 rings (SSSR count). The van der Waals surface area contributed by atoms with E-state index in [9.17, 15) is 33.3 Å². The molecule has 21 heavy (non-hydrogen) atoms. The van der Waals surface area contributed by atoms with Crippen LogP contribution in [0.25, 0.3) is 0 Å². The predicted octanol–water partition coefficient (Wildman–Crippen LogP) is -2.52. The summed E-state index contributed by atoms with van der Waals surface area (Å²) in [7, 11) is 0. The Morgan fingerprint density at radius 1 is 1.19 bits per heavy atom. The number of amides is 1. The average Bonchev–Trinajstić information content (AvgIpc) is 2.41. The molecule has 0 aromatic heterocycles. The van der Waals surface area contributed by atoms with Gasteiger partial charge in [-0.25, -0.2) is 0 Å². The summed E-state index contributed by atoms with van der Waals surface area (Å²) in [5.41, 5.74) is 0. The number of carbonyl (C=O) groups excluding carboxylic acids is 1. The van der Waals surface area contributed by atoms with Crippen molar-refractivity contribution in [1.29, 1.82) is 0 Å². The van der Waals surface area contributed by atoms with Gasteiger partial charge in [-0.05, 0) is 0 Å². The number of ether oxygens (including phenoxy) is 2. The monoisotopic (exact) mass is 319 g/mol. The minimum absolute atomic E-state index is 0.440. The second-order valence-electron chi connectivity index (χ2n) is 4.32. The van der Waals surface area contributed by atoms with Crippen molar-refractivity contribution in [3.05, 3.63) is 0 Å². The molecule has 1 aliphatic heterocycles. The molecule has 0 aromatic rings. The van der Waals surface area contributed by atoms with Crippen LogP contribution in [0.5, 0.6) is 0 Å². The van der Waals surface area contributed by atoms with Crippen LogP contribution in [0.15, 0.2) is 0 Å². The molecule has 1 heterocycles. The quantitative estimate of drug-likeness (QED) is 0.354. The Bertz CT molecular complexity index is 352. The van der Waals surface area contributed by atoms with E-state index in [1.165, 1.54) is 5.32 Å². The molecule has 0 saturated carbocycles. The summed E-state index contributed by atoms with van der Waals surface area (Å²) in [6.45, 7) is -1.60. The summed E-state index contributed by atoms with van der Waals surface area (Å²) < 4.78 is 45.4. The van der Waals surface area contributed by atoms with Crippen molar-refractivity contribution in [1.82, 2.24) is 5.32 Å². The maximum absolute atomic E-state index is 11.9. The van der Waals surface area contributed by atoms with Crippen LogP contribution in [0, 0.1) is 0 Å². The molecular formula is C10H16F3NO7. The first-order chi connectivity index (χ1) is 9.68. The Kier molecular flexibility index (Phi) is 6.31. The third-order valence-electron chi connectivity index (χ3n) is 2.78. The van der Waals surface area contributed by atoms with Gasteiger partial charge in [0.25, 0.3) is 0 Å². The number of alkyl halides is 3. The second kappa shape index (κ2) is 7.33. The molecule has 0 aromatic carbocycles. The van der Waals surface area contributed by atoms with Crippen molar-refractivity contribution in [2.24, 2.45) is 0 Å². The fourth-order valence-electron chi connectivity index (χ4n) is 1.64. The van der Waals surface area contributed by atoms with Gasteiger partial charge >= 0.3 is 12.1 Å². The van der Waals surface area contributed by atoms with E-state index in [1.54, 1.807) is 0 Å². The molecule has 0 aliphatic carbocycles. The lowest BCUT2D eigenvalue weighted by molar-refractivity contribution is -0.300. The van der Waals surface area contributed by atoms with Crippen LogP contribution in [-0.4, -0.2) is 83.0 Å². The van der Waals surface area contributed by atoms with Crippen molar-refractivity contribution in [2.75, 3.05) is 19.8 Å². The van der Waals surface area contributed by atoms with E-state index < -0.39 is 62.5 Å². The fraction of sp³-hybridized carbons (Fsp3) is 0.900. The maximum Gasteiger partial charge on any atom is 0.471 e. The molecule has 1 aliphatic rings. The third kappa shape index (κ3) is 4.76. The zero-order valence-corrected chi connectivity index (χ0v) is 10.7.